The highest BCUT2D eigenvalue weighted by atomic mass is 32.1. The lowest BCUT2D eigenvalue weighted by molar-refractivity contribution is -0.117. The summed E-state index contributed by atoms with van der Waals surface area (Å²) in [5, 5.41) is 41.3. The van der Waals surface area contributed by atoms with E-state index in [1.54, 1.807) is 115 Å². The quantitative estimate of drug-likeness (QED) is 0.0444. The molecule has 21 nitrogen and oxygen atoms in total. The van der Waals surface area contributed by atoms with E-state index in [-0.39, 0.29) is 58.6 Å². The van der Waals surface area contributed by atoms with Crippen LogP contribution in [0.25, 0.3) is 91.8 Å². The number of anilines is 4. The summed E-state index contributed by atoms with van der Waals surface area (Å²) in [4.78, 5) is 65.9. The van der Waals surface area contributed by atoms with Crippen LogP contribution in [-0.2, 0) is 20.8 Å². The Morgan fingerprint density at radius 1 is 0.485 bits per heavy atom. The fourth-order valence-electron chi connectivity index (χ4n) is 9.46. The second kappa shape index (κ2) is 29.8. The number of nitrogens with zero attached hydrogens (tertiary/aromatic N) is 8. The number of H-pyrrole nitrogens is 4. The van der Waals surface area contributed by atoms with Crippen molar-refractivity contribution in [3.8, 4) is 11.3 Å². The number of rotatable bonds is 15. The minimum atomic E-state index is -0.381. The molecule has 0 radical (unpaired) electrons. The molecular weight excluding hydrogens is 1260 g/mol. The lowest BCUT2D eigenvalue weighted by atomic mass is 10.1. The lowest BCUT2D eigenvalue weighted by Crippen LogP contribution is -2.14. The molecule has 4 amide bonds. The van der Waals surface area contributed by atoms with Gasteiger partial charge in [0.1, 0.15) is 91.4 Å². The van der Waals surface area contributed by atoms with E-state index in [4.69, 9.17) is 4.42 Å². The molecule has 0 bridgehead atoms. The second-order valence-corrected chi connectivity index (χ2v) is 22.6. The van der Waals surface area contributed by atoms with Crippen LogP contribution in [-0.4, -0.2) is 84.4 Å². The molecule has 4 aromatic carbocycles. The molecule has 14 aromatic rings. The van der Waals surface area contributed by atoms with Gasteiger partial charge in [0.25, 0.3) is 5.91 Å². The molecule has 0 spiro atoms. The van der Waals surface area contributed by atoms with Crippen LogP contribution in [0.5, 0.6) is 0 Å². The van der Waals surface area contributed by atoms with Gasteiger partial charge in [0.05, 0.1) is 34.8 Å². The molecule has 0 unspecified atom stereocenters. The van der Waals surface area contributed by atoms with Gasteiger partial charge >= 0.3 is 0 Å². The van der Waals surface area contributed by atoms with Crippen LogP contribution in [0.15, 0.2) is 186 Å². The van der Waals surface area contributed by atoms with Crippen LogP contribution in [0.2, 0.25) is 0 Å². The summed E-state index contributed by atoms with van der Waals surface area (Å²) in [6, 6.07) is 45.7. The van der Waals surface area contributed by atoms with Gasteiger partial charge in [-0.3, -0.25) is 39.6 Å². The molecule has 0 saturated heterocycles. The molecule has 26 heteroatoms. The number of fused-ring (bicyclic) bond motifs is 4. The number of furan rings is 1. The van der Waals surface area contributed by atoms with Gasteiger partial charge in [-0.25, -0.2) is 37.5 Å². The Morgan fingerprint density at radius 3 is 1.40 bits per heavy atom. The van der Waals surface area contributed by atoms with Crippen molar-refractivity contribution < 1.29 is 41.2 Å². The third kappa shape index (κ3) is 17.1. The summed E-state index contributed by atoms with van der Waals surface area (Å²) < 4.78 is 57.3. The van der Waals surface area contributed by atoms with Crippen molar-refractivity contribution in [1.82, 2.24) is 60.7 Å². The normalized spacial score (nSPS) is 11.9. The van der Waals surface area contributed by atoms with Crippen molar-refractivity contribution in [1.29, 1.82) is 0 Å². The molecular formula is C71H54F4N16O5S. The Labute approximate surface area is 551 Å². The summed E-state index contributed by atoms with van der Waals surface area (Å²) in [6.45, 7) is 1.43. The predicted molar refractivity (Wildman–Crippen MR) is 366 cm³/mol. The highest BCUT2D eigenvalue weighted by Crippen LogP contribution is 2.31. The van der Waals surface area contributed by atoms with E-state index in [9.17, 15) is 36.7 Å². The van der Waals surface area contributed by atoms with Gasteiger partial charge in [-0.1, -0.05) is 72.8 Å². The molecule has 97 heavy (non-hydrogen) atoms. The average molecular weight is 1320 g/mol. The number of carbonyl (C=O) groups is 4. The molecule has 482 valence electrons. The third-order valence-electron chi connectivity index (χ3n) is 14.4. The summed E-state index contributed by atoms with van der Waals surface area (Å²) in [5.74, 6) is 0.311. The van der Waals surface area contributed by atoms with E-state index in [0.29, 0.717) is 80.1 Å². The zero-order valence-corrected chi connectivity index (χ0v) is 51.8. The summed E-state index contributed by atoms with van der Waals surface area (Å²) >= 11 is 1.54. The van der Waals surface area contributed by atoms with Gasteiger partial charge in [0.2, 0.25) is 17.7 Å². The van der Waals surface area contributed by atoms with Gasteiger partial charge in [-0.2, -0.15) is 20.4 Å². The Balaban J connectivity index is 0.000000124. The minimum absolute atomic E-state index is 0.0220. The summed E-state index contributed by atoms with van der Waals surface area (Å²) in [6.07, 6.45) is 14.5. The van der Waals surface area contributed by atoms with E-state index in [0.717, 1.165) is 56.5 Å². The van der Waals surface area contributed by atoms with Crippen molar-refractivity contribution in [2.24, 2.45) is 5.92 Å². The fraction of sp³-hybridized carbons (Fsp3) is 0.0704. The number of thiophene rings is 1. The molecule has 10 aromatic heterocycles. The Bertz CT molecular complexity index is 5200. The smallest absolute Gasteiger partial charge is 0.292 e. The molecule has 1 aliphatic carbocycles. The molecule has 10 heterocycles. The Hall–Kier alpha value is -12.8. The SMILES string of the molecule is CC(=O)Nc1ccc2[nH]nc(/C=C/c3ccc(F)cc3)c2n1.O=C(Cc1cccs1)Nc1ccc2[nH]nc(-c3cccc(F)c3)c2n1.O=C(Nc1ccc2[nH]nc(/C=C/c3ccc(F)cc3)c2n1)C1CC1.O=C(Nc1ccc2[nH]nc(/C=C/c3ccc(F)cc3)c2n1)c1ccco1. The zero-order chi connectivity index (χ0) is 67.2. The first kappa shape index (κ1) is 64.3. The standard InChI is InChI=1S/C19H13FN4O2.C18H13FN4OS.C18H15FN4O.C16H13FN4O/c20-13-6-3-12(4-7-13)5-8-14-18-15(24-23-14)9-10-17(21-18)22-19(25)16-2-1-11-26-16;19-12-4-1-3-11(9-12)17-18-14(22-23-17)6-7-15(21-18)20-16(24)10-13-5-2-8-25-13;19-13-6-1-11(2-7-13)3-8-14-17-15(23-22-14)9-10-16(20-17)21-18(24)12-4-5-12;1-10(22)18-15-9-8-14-16(19-15)13(20-21-14)7-4-11-2-5-12(17)6-3-11/h1-11H,(H,23,24)(H,21,22,25);1-9H,10H2,(H,22,23)(H,20,21,24);1-3,6-10,12H,4-5H2,(H,22,23)(H,20,21,24);2-9H,1H3,(H,20,21)(H,18,19,22)/b8-5+;;8-3+;7-4+. The highest BCUT2D eigenvalue weighted by molar-refractivity contribution is 7.10. The van der Waals surface area contributed by atoms with Gasteiger partial charge in [0, 0.05) is 23.3 Å². The molecule has 1 aliphatic rings. The number of hydrogen-bond donors (Lipinski definition) is 8. The van der Waals surface area contributed by atoms with E-state index in [2.05, 4.69) is 82.0 Å². The first-order valence-electron chi connectivity index (χ1n) is 29.9. The predicted octanol–water partition coefficient (Wildman–Crippen LogP) is 15.0. The monoisotopic (exact) mass is 1320 g/mol. The van der Waals surface area contributed by atoms with Crippen molar-refractivity contribution in [3.05, 3.63) is 249 Å². The van der Waals surface area contributed by atoms with Crippen LogP contribution in [0.1, 0.15) is 69.0 Å². The van der Waals surface area contributed by atoms with Crippen LogP contribution in [0.4, 0.5) is 40.8 Å². The van der Waals surface area contributed by atoms with Crippen LogP contribution >= 0.6 is 11.3 Å². The van der Waals surface area contributed by atoms with E-state index >= 15 is 0 Å². The maximum Gasteiger partial charge on any atom is 0.292 e. The van der Waals surface area contributed by atoms with Crippen molar-refractivity contribution in [3.63, 3.8) is 0 Å². The van der Waals surface area contributed by atoms with E-state index < -0.39 is 0 Å². The number of amides is 4. The summed E-state index contributed by atoms with van der Waals surface area (Å²) in [5.41, 5.74) is 11.2. The number of carbonyl (C=O) groups excluding carboxylic acids is 4. The first-order valence-corrected chi connectivity index (χ1v) is 30.8. The molecule has 0 aliphatic heterocycles. The molecule has 1 saturated carbocycles. The average Bonchev–Trinajstić information content (AvgIpc) is 1.74. The van der Waals surface area contributed by atoms with Crippen LogP contribution < -0.4 is 21.3 Å². The first-order chi connectivity index (χ1) is 47.2. The number of aromatic amines is 4. The zero-order valence-electron chi connectivity index (χ0n) is 51.0. The van der Waals surface area contributed by atoms with Gasteiger partial charge in [-0.15, -0.1) is 11.3 Å². The molecule has 1 fully saturated rings. The van der Waals surface area contributed by atoms with E-state index in [1.807, 2.05) is 47.9 Å². The van der Waals surface area contributed by atoms with Crippen LogP contribution in [0, 0.1) is 29.2 Å². The van der Waals surface area contributed by atoms with Crippen molar-refractivity contribution >= 4 is 139 Å². The fourth-order valence-corrected chi connectivity index (χ4v) is 10.2. The van der Waals surface area contributed by atoms with Gasteiger partial charge in [0.15, 0.2) is 5.76 Å². The highest BCUT2D eigenvalue weighted by Gasteiger charge is 2.30. The number of hydrogen-bond acceptors (Lipinski definition) is 14. The Kier molecular flexibility index (Phi) is 19.8. The largest absolute Gasteiger partial charge is 0.459 e. The third-order valence-corrected chi connectivity index (χ3v) is 15.3. The lowest BCUT2D eigenvalue weighted by Gasteiger charge is -2.04. The van der Waals surface area contributed by atoms with Crippen molar-refractivity contribution in [2.45, 2.75) is 26.2 Å². The molecule has 0 atom stereocenters. The van der Waals surface area contributed by atoms with Gasteiger partial charge < -0.3 is 25.7 Å². The maximum absolute atomic E-state index is 13.5. The number of halogens is 4. The Morgan fingerprint density at radius 2 is 0.948 bits per heavy atom. The van der Waals surface area contributed by atoms with Crippen molar-refractivity contribution in [2.75, 3.05) is 21.3 Å². The van der Waals surface area contributed by atoms with E-state index in [1.165, 1.54) is 73.1 Å². The second-order valence-electron chi connectivity index (χ2n) is 21.6. The number of pyridine rings is 4. The number of benzene rings is 4. The molecule has 15 rings (SSSR count). The molecule has 8 N–H and O–H groups in total. The minimum Gasteiger partial charge on any atom is -0.459 e. The van der Waals surface area contributed by atoms with Crippen LogP contribution in [0.3, 0.4) is 0 Å². The van der Waals surface area contributed by atoms with Gasteiger partial charge in [-0.05, 0) is 168 Å². The maximum atomic E-state index is 13.5. The number of nitrogens with one attached hydrogen (secondary N) is 8. The summed E-state index contributed by atoms with van der Waals surface area (Å²) in [7, 11) is 0. The topological polar surface area (TPSA) is 296 Å². The number of aromatic nitrogens is 12.